The van der Waals surface area contributed by atoms with Crippen molar-refractivity contribution >= 4 is 33.2 Å². The quantitative estimate of drug-likeness (QED) is 0.384. The van der Waals surface area contributed by atoms with Crippen LogP contribution in [0.5, 0.6) is 0 Å². The van der Waals surface area contributed by atoms with Crippen molar-refractivity contribution in [3.05, 3.63) is 59.0 Å². The molecule has 0 radical (unpaired) electrons. The number of sulfonamides is 1. The minimum Gasteiger partial charge on any atom is -0.415 e. The van der Waals surface area contributed by atoms with Crippen LogP contribution in [0.2, 0.25) is 5.02 Å². The van der Waals surface area contributed by atoms with Gasteiger partial charge in [0.15, 0.2) is 0 Å². The van der Waals surface area contributed by atoms with Crippen molar-refractivity contribution in [1.29, 1.82) is 0 Å². The first-order valence-corrected chi connectivity index (χ1v) is 14.4. The molecular formula is C25H26ClF3N6O4S. The molecule has 2 aliphatic heterocycles. The van der Waals surface area contributed by atoms with Crippen LogP contribution >= 0.6 is 11.6 Å². The third kappa shape index (κ3) is 5.79. The maximum absolute atomic E-state index is 13.9. The van der Waals surface area contributed by atoms with Gasteiger partial charge in [-0.25, -0.2) is 12.8 Å². The molecule has 0 spiro atoms. The number of halogens is 4. The molecule has 2 saturated heterocycles. The Labute approximate surface area is 233 Å². The molecule has 5 rings (SSSR count). The highest BCUT2D eigenvalue weighted by Gasteiger charge is 2.40. The highest BCUT2D eigenvalue weighted by molar-refractivity contribution is 7.93. The van der Waals surface area contributed by atoms with Gasteiger partial charge in [-0.2, -0.15) is 8.78 Å². The number of alkyl halides is 2. The van der Waals surface area contributed by atoms with E-state index >= 15 is 0 Å². The lowest BCUT2D eigenvalue weighted by Crippen LogP contribution is -2.62. The molecule has 2 aromatic heterocycles. The number of carbonyl (C=O) groups excluding carboxylic acids is 1. The molecular weight excluding hydrogens is 573 g/mol. The van der Waals surface area contributed by atoms with E-state index in [2.05, 4.69) is 20.1 Å². The van der Waals surface area contributed by atoms with Crippen LogP contribution in [0.15, 0.2) is 40.9 Å². The van der Waals surface area contributed by atoms with Crippen molar-refractivity contribution in [2.45, 2.75) is 44.0 Å². The van der Waals surface area contributed by atoms with Gasteiger partial charge in [0.1, 0.15) is 5.82 Å². The Morgan fingerprint density at radius 2 is 1.90 bits per heavy atom. The molecule has 2 aliphatic rings. The zero-order valence-electron chi connectivity index (χ0n) is 21.4. The average molecular weight is 599 g/mol. The number of hydrogen-bond acceptors (Lipinski definition) is 8. The number of anilines is 1. The zero-order valence-corrected chi connectivity index (χ0v) is 23.0. The Hall–Kier alpha value is -3.23. The first kappa shape index (κ1) is 28.3. The summed E-state index contributed by atoms with van der Waals surface area (Å²) >= 11 is 6.00. The summed E-state index contributed by atoms with van der Waals surface area (Å²) in [5.41, 5.74) is 0.820. The van der Waals surface area contributed by atoms with Gasteiger partial charge in [0.05, 0.1) is 33.8 Å². The number of piperidine rings is 1. The second-order valence-corrected chi connectivity index (χ2v) is 12.3. The van der Waals surface area contributed by atoms with Crippen LogP contribution in [-0.2, 0) is 21.4 Å². The fraction of sp³-hybridized carbons (Fsp3) is 0.440. The molecule has 0 atom stereocenters. The predicted octanol–water partition coefficient (Wildman–Crippen LogP) is 3.89. The summed E-state index contributed by atoms with van der Waals surface area (Å²) in [5, 5.41) is 5.97. The number of nitrogens with zero attached hydrogens (tertiary/aromatic N) is 6. The molecule has 214 valence electrons. The monoisotopic (exact) mass is 598 g/mol. The molecule has 2 fully saturated rings. The fourth-order valence-electron chi connectivity index (χ4n) is 4.86. The number of carbonyl (C=O) groups is 1. The first-order chi connectivity index (χ1) is 19.0. The van der Waals surface area contributed by atoms with E-state index in [4.69, 9.17) is 16.0 Å². The molecule has 1 amide bonds. The lowest BCUT2D eigenvalue weighted by Gasteiger charge is -2.47. The average Bonchev–Trinajstić information content (AvgIpc) is 3.39. The molecule has 0 saturated carbocycles. The molecule has 0 bridgehead atoms. The topological polar surface area (TPSA) is 113 Å². The van der Waals surface area contributed by atoms with E-state index in [1.165, 1.54) is 41.7 Å². The summed E-state index contributed by atoms with van der Waals surface area (Å²) in [6.07, 6.45) is -0.812. The molecule has 40 heavy (non-hydrogen) atoms. The summed E-state index contributed by atoms with van der Waals surface area (Å²) in [6.45, 7) is 3.77. The van der Waals surface area contributed by atoms with Gasteiger partial charge in [-0.15, -0.1) is 10.2 Å². The lowest BCUT2D eigenvalue weighted by molar-refractivity contribution is -0.136. The smallest absolute Gasteiger partial charge is 0.314 e. The van der Waals surface area contributed by atoms with Gasteiger partial charge in [-0.05, 0) is 56.3 Å². The third-order valence-corrected chi connectivity index (χ3v) is 9.78. The van der Waals surface area contributed by atoms with Gasteiger partial charge >= 0.3 is 6.43 Å². The van der Waals surface area contributed by atoms with Gasteiger partial charge in [-0.3, -0.25) is 19.0 Å². The summed E-state index contributed by atoms with van der Waals surface area (Å²) in [7, 11) is -3.94. The van der Waals surface area contributed by atoms with E-state index in [9.17, 15) is 26.4 Å². The number of pyridine rings is 1. The number of aromatic nitrogens is 3. The highest BCUT2D eigenvalue weighted by Crippen LogP contribution is 2.32. The normalized spacial score (nSPS) is 17.3. The van der Waals surface area contributed by atoms with Gasteiger partial charge < -0.3 is 9.32 Å². The molecule has 4 heterocycles. The van der Waals surface area contributed by atoms with Crippen LogP contribution in [0.4, 0.5) is 18.9 Å². The van der Waals surface area contributed by atoms with E-state index in [1.54, 1.807) is 4.90 Å². The van der Waals surface area contributed by atoms with Crippen molar-refractivity contribution in [3.8, 4) is 11.5 Å². The van der Waals surface area contributed by atoms with E-state index in [-0.39, 0.29) is 40.7 Å². The van der Waals surface area contributed by atoms with Crippen LogP contribution < -0.4 is 4.31 Å². The van der Waals surface area contributed by atoms with Crippen molar-refractivity contribution in [2.75, 3.05) is 30.5 Å². The Kier molecular flexibility index (Phi) is 8.02. The van der Waals surface area contributed by atoms with Gasteiger partial charge in [-0.1, -0.05) is 11.6 Å². The number of likely N-dealkylation sites (tertiary alicyclic amines) is 2. The van der Waals surface area contributed by atoms with Crippen molar-refractivity contribution in [2.24, 2.45) is 0 Å². The molecule has 0 N–H and O–H groups in total. The first-order valence-electron chi connectivity index (χ1n) is 12.6. The van der Waals surface area contributed by atoms with Crippen molar-refractivity contribution < 1.29 is 30.8 Å². The molecule has 15 heteroatoms. The Morgan fingerprint density at radius 3 is 2.48 bits per heavy atom. The Morgan fingerprint density at radius 1 is 1.18 bits per heavy atom. The lowest BCUT2D eigenvalue weighted by atomic mass is 10.0. The van der Waals surface area contributed by atoms with Crippen molar-refractivity contribution in [3.63, 3.8) is 0 Å². The second-order valence-electron chi connectivity index (χ2n) is 9.75. The second kappa shape index (κ2) is 11.3. The highest BCUT2D eigenvalue weighted by atomic mass is 35.5. The molecule has 1 aromatic carbocycles. The van der Waals surface area contributed by atoms with Crippen LogP contribution in [0.3, 0.4) is 0 Å². The van der Waals surface area contributed by atoms with Crippen LogP contribution in [0, 0.1) is 5.82 Å². The predicted molar refractivity (Wildman–Crippen MR) is 140 cm³/mol. The molecule has 0 unspecified atom stereocenters. The van der Waals surface area contributed by atoms with Crippen LogP contribution in [0.25, 0.3) is 11.5 Å². The molecule has 3 aromatic rings. The summed E-state index contributed by atoms with van der Waals surface area (Å²) in [4.78, 5) is 19.7. The molecule has 0 aliphatic carbocycles. The number of amides is 1. The minimum absolute atomic E-state index is 0.0268. The standard InChI is InChI=1S/C25H26ClF3N6O4S/c1-15(36)34-13-19(14-34)33-8-6-20(7-9-33)40(37,38)35(18-4-5-22(27)21(26)10-18)12-17-3-2-16(11-30-17)24-31-32-25(39-24)23(28)29/h2-5,10-11,19-20,23H,6-9,12-14H2,1H3. The molecule has 10 nitrogen and oxygen atoms in total. The van der Waals surface area contributed by atoms with E-state index in [0.717, 1.165) is 6.07 Å². The third-order valence-electron chi connectivity index (χ3n) is 7.22. The largest absolute Gasteiger partial charge is 0.415 e. The van der Waals surface area contributed by atoms with Gasteiger partial charge in [0.2, 0.25) is 21.8 Å². The maximum atomic E-state index is 13.9. The summed E-state index contributed by atoms with van der Waals surface area (Å²) in [5.74, 6) is -1.61. The zero-order chi connectivity index (χ0) is 28.6. The SMILES string of the molecule is CC(=O)N1CC(N2CCC(S(=O)(=O)N(Cc3ccc(-c4nnc(C(F)F)o4)cn3)c3ccc(F)c(Cl)c3)CC2)C1. The fourth-order valence-corrected chi connectivity index (χ4v) is 6.92. The maximum Gasteiger partial charge on any atom is 0.314 e. The Bertz CT molecular complexity index is 1480. The van der Waals surface area contributed by atoms with E-state index in [1.807, 2.05) is 0 Å². The number of hydrogen-bond donors (Lipinski definition) is 0. The number of rotatable bonds is 8. The van der Waals surface area contributed by atoms with Crippen molar-refractivity contribution in [1.82, 2.24) is 25.0 Å². The number of benzene rings is 1. The Balaban J connectivity index is 1.34. The van der Waals surface area contributed by atoms with Gasteiger partial charge in [0, 0.05) is 32.3 Å². The van der Waals surface area contributed by atoms with Crippen LogP contribution in [-0.4, -0.2) is 76.8 Å². The van der Waals surface area contributed by atoms with E-state index < -0.39 is 33.4 Å². The van der Waals surface area contributed by atoms with E-state index in [0.29, 0.717) is 44.7 Å². The minimum atomic E-state index is -3.94. The summed E-state index contributed by atoms with van der Waals surface area (Å²) < 4.78 is 73.5. The summed E-state index contributed by atoms with van der Waals surface area (Å²) in [6, 6.07) is 6.96. The van der Waals surface area contributed by atoms with Gasteiger partial charge in [0.25, 0.3) is 5.89 Å². The van der Waals surface area contributed by atoms with Crippen LogP contribution in [0.1, 0.15) is 37.8 Å².